The number of nitro groups is 1. The smallest absolute Gasteiger partial charge is 0.353 e. The van der Waals surface area contributed by atoms with E-state index >= 15 is 0 Å². The number of phenolic OH excluding ortho intramolecular Hbond substituents is 1. The molecule has 0 unspecified atom stereocenters. The molecule has 1 N–H and O–H groups in total. The van der Waals surface area contributed by atoms with Crippen molar-refractivity contribution in [2.75, 3.05) is 0 Å². The Kier molecular flexibility index (Phi) is 3.83. The van der Waals surface area contributed by atoms with Crippen molar-refractivity contribution in [3.8, 4) is 22.7 Å². The summed E-state index contributed by atoms with van der Waals surface area (Å²) in [7, 11) is 0. The molecule has 120 valence electrons. The van der Waals surface area contributed by atoms with E-state index in [-0.39, 0.29) is 11.4 Å². The summed E-state index contributed by atoms with van der Waals surface area (Å²) in [5, 5.41) is 20.8. The van der Waals surface area contributed by atoms with Crippen molar-refractivity contribution in [2.24, 2.45) is 0 Å². The fourth-order valence-electron chi connectivity index (χ4n) is 2.47. The van der Waals surface area contributed by atoms with Gasteiger partial charge < -0.3 is 5.11 Å². The van der Waals surface area contributed by atoms with E-state index in [0.29, 0.717) is 22.6 Å². The molecule has 0 saturated heterocycles. The van der Waals surface area contributed by atoms with Crippen LogP contribution in [0.5, 0.6) is 5.75 Å². The van der Waals surface area contributed by atoms with Gasteiger partial charge in [0.2, 0.25) is 0 Å². The second-order valence-electron chi connectivity index (χ2n) is 5.20. The number of phenols is 1. The first-order valence-corrected chi connectivity index (χ1v) is 7.11. The zero-order valence-electron chi connectivity index (χ0n) is 12.7. The number of non-ortho nitro benzene ring substituents is 1. The average Bonchev–Trinajstić information content (AvgIpc) is 2.56. The van der Waals surface area contributed by atoms with E-state index in [1.807, 2.05) is 0 Å². The first kappa shape index (κ1) is 15.4. The van der Waals surface area contributed by atoms with Gasteiger partial charge in [-0.25, -0.2) is 4.79 Å². The van der Waals surface area contributed by atoms with Crippen molar-refractivity contribution in [1.82, 2.24) is 9.55 Å². The van der Waals surface area contributed by atoms with E-state index in [0.717, 1.165) is 0 Å². The number of aryl methyl sites for hydroxylation is 1. The first-order valence-electron chi connectivity index (χ1n) is 7.11. The molecule has 0 radical (unpaired) electrons. The minimum atomic E-state index is -0.571. The Morgan fingerprint density at radius 1 is 1.12 bits per heavy atom. The number of hydrogen-bond acceptors (Lipinski definition) is 5. The van der Waals surface area contributed by atoms with Gasteiger partial charge in [-0.2, -0.15) is 4.98 Å². The van der Waals surface area contributed by atoms with Gasteiger partial charge >= 0.3 is 5.69 Å². The van der Waals surface area contributed by atoms with Crippen LogP contribution in [0.25, 0.3) is 16.9 Å². The van der Waals surface area contributed by atoms with Crippen LogP contribution < -0.4 is 5.69 Å². The highest BCUT2D eigenvalue weighted by Gasteiger charge is 2.13. The number of benzene rings is 2. The molecule has 1 aromatic heterocycles. The molecule has 0 fully saturated rings. The summed E-state index contributed by atoms with van der Waals surface area (Å²) in [6.45, 7) is 1.70. The Bertz CT molecular complexity index is 995. The van der Waals surface area contributed by atoms with Gasteiger partial charge in [-0.3, -0.25) is 14.7 Å². The average molecular weight is 323 g/mol. The van der Waals surface area contributed by atoms with Crippen molar-refractivity contribution >= 4 is 5.69 Å². The van der Waals surface area contributed by atoms with Crippen molar-refractivity contribution in [3.63, 3.8) is 0 Å². The van der Waals surface area contributed by atoms with E-state index in [9.17, 15) is 20.0 Å². The van der Waals surface area contributed by atoms with Crippen LogP contribution in [0.2, 0.25) is 0 Å². The molecule has 0 atom stereocenters. The Morgan fingerprint density at radius 2 is 1.88 bits per heavy atom. The minimum Gasteiger partial charge on any atom is -0.506 e. The second kappa shape index (κ2) is 5.96. The summed E-state index contributed by atoms with van der Waals surface area (Å²) in [4.78, 5) is 26.8. The summed E-state index contributed by atoms with van der Waals surface area (Å²) in [5.74, 6) is -0.0346. The Balaban J connectivity index is 2.15. The van der Waals surface area contributed by atoms with E-state index in [1.54, 1.807) is 43.3 Å². The van der Waals surface area contributed by atoms with Gasteiger partial charge in [0.15, 0.2) is 0 Å². The van der Waals surface area contributed by atoms with Crippen LogP contribution in [0.4, 0.5) is 5.69 Å². The predicted octanol–water partition coefficient (Wildman–Crippen LogP) is 2.82. The zero-order chi connectivity index (χ0) is 17.3. The molecule has 0 aliphatic carbocycles. The van der Waals surface area contributed by atoms with Crippen molar-refractivity contribution in [3.05, 3.63) is 80.9 Å². The van der Waals surface area contributed by atoms with Gasteiger partial charge in [0, 0.05) is 23.4 Å². The SMILES string of the molecule is Cc1cc(-c2cccc([N+](=O)[O-])c2)nc(=O)n1-c1ccccc1O. The summed E-state index contributed by atoms with van der Waals surface area (Å²) < 4.78 is 1.29. The molecule has 0 bridgehead atoms. The number of aromatic nitrogens is 2. The molecule has 7 nitrogen and oxygen atoms in total. The number of para-hydroxylation sites is 2. The molecule has 2 aromatic carbocycles. The van der Waals surface area contributed by atoms with Crippen LogP contribution in [0.15, 0.2) is 59.4 Å². The maximum atomic E-state index is 12.4. The molecule has 0 spiro atoms. The summed E-state index contributed by atoms with van der Waals surface area (Å²) in [5.41, 5.74) is 1.06. The fourth-order valence-corrected chi connectivity index (χ4v) is 2.47. The maximum absolute atomic E-state index is 12.4. The Hall–Kier alpha value is -3.48. The molecule has 0 amide bonds. The molecule has 0 aliphatic rings. The largest absolute Gasteiger partial charge is 0.506 e. The van der Waals surface area contributed by atoms with Crippen LogP contribution in [0.3, 0.4) is 0 Å². The van der Waals surface area contributed by atoms with Gasteiger partial charge in [0.1, 0.15) is 5.75 Å². The molecule has 24 heavy (non-hydrogen) atoms. The molecular formula is C17H13N3O4. The third-order valence-electron chi connectivity index (χ3n) is 3.58. The predicted molar refractivity (Wildman–Crippen MR) is 88.3 cm³/mol. The van der Waals surface area contributed by atoms with E-state index in [2.05, 4.69) is 4.98 Å². The summed E-state index contributed by atoms with van der Waals surface area (Å²) >= 11 is 0. The van der Waals surface area contributed by atoms with Gasteiger partial charge in [-0.1, -0.05) is 24.3 Å². The zero-order valence-corrected chi connectivity index (χ0v) is 12.7. The van der Waals surface area contributed by atoms with Crippen LogP contribution in [0, 0.1) is 17.0 Å². The highest BCUT2D eigenvalue weighted by Crippen LogP contribution is 2.24. The standard InChI is InChI=1S/C17H13N3O4/c1-11-9-14(12-5-4-6-13(10-12)20(23)24)18-17(22)19(11)15-7-2-3-8-16(15)21/h2-10,21H,1H3. The monoisotopic (exact) mass is 323 g/mol. The number of hydrogen-bond donors (Lipinski definition) is 1. The molecule has 1 heterocycles. The first-order chi connectivity index (χ1) is 11.5. The third kappa shape index (κ3) is 2.74. The lowest BCUT2D eigenvalue weighted by molar-refractivity contribution is -0.384. The van der Waals surface area contributed by atoms with Crippen LogP contribution in [-0.4, -0.2) is 19.6 Å². The van der Waals surface area contributed by atoms with Crippen LogP contribution >= 0.6 is 0 Å². The maximum Gasteiger partial charge on any atom is 0.353 e. The molecule has 3 aromatic rings. The highest BCUT2D eigenvalue weighted by atomic mass is 16.6. The summed E-state index contributed by atoms with van der Waals surface area (Å²) in [6.07, 6.45) is 0. The Labute approximate surface area is 136 Å². The van der Waals surface area contributed by atoms with Gasteiger partial charge in [-0.15, -0.1) is 0 Å². The molecule has 0 saturated carbocycles. The van der Waals surface area contributed by atoms with Crippen molar-refractivity contribution < 1.29 is 10.0 Å². The van der Waals surface area contributed by atoms with Gasteiger partial charge in [-0.05, 0) is 25.1 Å². The molecule has 7 heteroatoms. The van der Waals surface area contributed by atoms with Gasteiger partial charge in [0.05, 0.1) is 16.3 Å². The second-order valence-corrected chi connectivity index (χ2v) is 5.20. The normalized spacial score (nSPS) is 10.5. The van der Waals surface area contributed by atoms with Crippen LogP contribution in [0.1, 0.15) is 5.69 Å². The van der Waals surface area contributed by atoms with Crippen molar-refractivity contribution in [1.29, 1.82) is 0 Å². The number of nitro benzene ring substituents is 1. The van der Waals surface area contributed by atoms with E-state index in [4.69, 9.17) is 0 Å². The van der Waals surface area contributed by atoms with E-state index < -0.39 is 10.6 Å². The molecule has 3 rings (SSSR count). The third-order valence-corrected chi connectivity index (χ3v) is 3.58. The number of rotatable bonds is 3. The Morgan fingerprint density at radius 3 is 2.54 bits per heavy atom. The fraction of sp³-hybridized carbons (Fsp3) is 0.0588. The highest BCUT2D eigenvalue weighted by molar-refractivity contribution is 5.63. The topological polar surface area (TPSA) is 98.3 Å². The number of aromatic hydroxyl groups is 1. The lowest BCUT2D eigenvalue weighted by Gasteiger charge is -2.12. The molecule has 0 aliphatic heterocycles. The quantitative estimate of drug-likeness (QED) is 0.590. The molecular weight excluding hydrogens is 310 g/mol. The van der Waals surface area contributed by atoms with Crippen LogP contribution in [-0.2, 0) is 0 Å². The van der Waals surface area contributed by atoms with Gasteiger partial charge in [0.25, 0.3) is 5.69 Å². The van der Waals surface area contributed by atoms with E-state index in [1.165, 1.54) is 22.8 Å². The lowest BCUT2D eigenvalue weighted by Crippen LogP contribution is -2.23. The number of nitrogens with zero attached hydrogens (tertiary/aromatic N) is 3. The van der Waals surface area contributed by atoms with Crippen molar-refractivity contribution in [2.45, 2.75) is 6.92 Å². The summed E-state index contributed by atoms with van der Waals surface area (Å²) in [6, 6.07) is 14.0. The minimum absolute atomic E-state index is 0.0346. The lowest BCUT2D eigenvalue weighted by atomic mass is 10.1.